The Bertz CT molecular complexity index is 364. The molecule has 1 saturated heterocycles. The van der Waals surface area contributed by atoms with Gasteiger partial charge in [0, 0.05) is 18.7 Å². The van der Waals surface area contributed by atoms with Crippen LogP contribution in [0, 0.1) is 6.92 Å². The van der Waals surface area contributed by atoms with Crippen LogP contribution >= 0.6 is 0 Å². The Morgan fingerprint density at radius 3 is 2.94 bits per heavy atom. The zero-order chi connectivity index (χ0) is 12.1. The maximum atomic E-state index is 5.45. The molecule has 1 aromatic rings. The fourth-order valence-electron chi connectivity index (χ4n) is 1.99. The lowest BCUT2D eigenvalue weighted by Gasteiger charge is -2.24. The van der Waals surface area contributed by atoms with Crippen LogP contribution in [-0.2, 0) is 4.74 Å². The molecule has 0 bridgehead atoms. The minimum absolute atomic E-state index is 0.367. The maximum Gasteiger partial charge on any atom is 0.134 e. The average molecular weight is 236 g/mol. The SMILES string of the molecule is CCNc1ncnc(NC2CCCOC2)c1C. The highest BCUT2D eigenvalue weighted by Crippen LogP contribution is 2.20. The largest absolute Gasteiger partial charge is 0.379 e. The molecule has 2 heterocycles. The number of aromatic nitrogens is 2. The van der Waals surface area contributed by atoms with E-state index in [1.807, 2.05) is 6.92 Å². The third-order valence-corrected chi connectivity index (χ3v) is 2.93. The van der Waals surface area contributed by atoms with E-state index in [-0.39, 0.29) is 0 Å². The summed E-state index contributed by atoms with van der Waals surface area (Å²) in [5.41, 5.74) is 1.07. The van der Waals surface area contributed by atoms with Crippen molar-refractivity contribution in [2.75, 3.05) is 30.4 Å². The molecular formula is C12H20N4O. The highest BCUT2D eigenvalue weighted by Gasteiger charge is 2.15. The number of nitrogens with one attached hydrogen (secondary N) is 2. The first-order valence-corrected chi connectivity index (χ1v) is 6.21. The van der Waals surface area contributed by atoms with Gasteiger partial charge in [0.15, 0.2) is 0 Å². The number of hydrogen-bond donors (Lipinski definition) is 2. The van der Waals surface area contributed by atoms with E-state index in [1.165, 1.54) is 0 Å². The highest BCUT2D eigenvalue weighted by molar-refractivity contribution is 5.56. The molecule has 17 heavy (non-hydrogen) atoms. The van der Waals surface area contributed by atoms with Gasteiger partial charge in [0.1, 0.15) is 18.0 Å². The molecule has 0 amide bonds. The van der Waals surface area contributed by atoms with E-state index in [4.69, 9.17) is 4.74 Å². The van der Waals surface area contributed by atoms with Gasteiger partial charge in [-0.3, -0.25) is 0 Å². The van der Waals surface area contributed by atoms with E-state index in [9.17, 15) is 0 Å². The van der Waals surface area contributed by atoms with Crippen LogP contribution in [0.4, 0.5) is 11.6 Å². The Morgan fingerprint density at radius 2 is 2.24 bits per heavy atom. The number of rotatable bonds is 4. The average Bonchev–Trinajstić information content (AvgIpc) is 2.36. The Morgan fingerprint density at radius 1 is 1.41 bits per heavy atom. The Balaban J connectivity index is 2.06. The summed E-state index contributed by atoms with van der Waals surface area (Å²) in [6, 6.07) is 0.367. The molecule has 0 spiro atoms. The summed E-state index contributed by atoms with van der Waals surface area (Å²) in [4.78, 5) is 8.53. The summed E-state index contributed by atoms with van der Waals surface area (Å²) >= 11 is 0. The lowest BCUT2D eigenvalue weighted by Crippen LogP contribution is -2.30. The van der Waals surface area contributed by atoms with Crippen molar-refractivity contribution in [1.29, 1.82) is 0 Å². The van der Waals surface area contributed by atoms with Gasteiger partial charge in [-0.25, -0.2) is 9.97 Å². The molecule has 1 aliphatic heterocycles. The van der Waals surface area contributed by atoms with Crippen LogP contribution in [0.1, 0.15) is 25.3 Å². The lowest BCUT2D eigenvalue weighted by atomic mass is 10.1. The second kappa shape index (κ2) is 5.82. The van der Waals surface area contributed by atoms with Crippen molar-refractivity contribution in [3.8, 4) is 0 Å². The minimum Gasteiger partial charge on any atom is -0.379 e. The number of ether oxygens (including phenoxy) is 1. The first kappa shape index (κ1) is 12.1. The van der Waals surface area contributed by atoms with E-state index >= 15 is 0 Å². The molecule has 1 unspecified atom stereocenters. The smallest absolute Gasteiger partial charge is 0.134 e. The van der Waals surface area contributed by atoms with Crippen molar-refractivity contribution in [2.24, 2.45) is 0 Å². The Hall–Kier alpha value is -1.36. The van der Waals surface area contributed by atoms with E-state index in [0.717, 1.165) is 49.8 Å². The summed E-state index contributed by atoms with van der Waals surface area (Å²) in [7, 11) is 0. The molecule has 5 heteroatoms. The molecule has 2 N–H and O–H groups in total. The van der Waals surface area contributed by atoms with Crippen LogP contribution in [0.3, 0.4) is 0 Å². The van der Waals surface area contributed by atoms with Gasteiger partial charge in [0.05, 0.1) is 12.6 Å². The summed E-state index contributed by atoms with van der Waals surface area (Å²) < 4.78 is 5.45. The fourth-order valence-corrected chi connectivity index (χ4v) is 1.99. The van der Waals surface area contributed by atoms with Gasteiger partial charge < -0.3 is 15.4 Å². The molecule has 94 valence electrons. The van der Waals surface area contributed by atoms with Gasteiger partial charge in [0.2, 0.25) is 0 Å². The Labute approximate surface area is 102 Å². The van der Waals surface area contributed by atoms with E-state index in [0.29, 0.717) is 6.04 Å². The van der Waals surface area contributed by atoms with Crippen molar-refractivity contribution in [3.63, 3.8) is 0 Å². The Kier molecular flexibility index (Phi) is 4.14. The van der Waals surface area contributed by atoms with Gasteiger partial charge in [-0.05, 0) is 26.7 Å². The molecule has 1 aromatic heterocycles. The van der Waals surface area contributed by atoms with Gasteiger partial charge in [-0.15, -0.1) is 0 Å². The third-order valence-electron chi connectivity index (χ3n) is 2.93. The number of hydrogen-bond acceptors (Lipinski definition) is 5. The third kappa shape index (κ3) is 3.06. The lowest BCUT2D eigenvalue weighted by molar-refractivity contribution is 0.0875. The predicted molar refractivity (Wildman–Crippen MR) is 68.4 cm³/mol. The second-order valence-electron chi connectivity index (χ2n) is 4.28. The van der Waals surface area contributed by atoms with Gasteiger partial charge >= 0.3 is 0 Å². The molecule has 1 atom stereocenters. The second-order valence-corrected chi connectivity index (χ2v) is 4.28. The molecular weight excluding hydrogens is 216 g/mol. The fraction of sp³-hybridized carbons (Fsp3) is 0.667. The van der Waals surface area contributed by atoms with Gasteiger partial charge in [-0.1, -0.05) is 0 Å². The zero-order valence-electron chi connectivity index (χ0n) is 10.5. The number of anilines is 2. The molecule has 1 fully saturated rings. The topological polar surface area (TPSA) is 59.1 Å². The van der Waals surface area contributed by atoms with Crippen molar-refractivity contribution in [1.82, 2.24) is 9.97 Å². The van der Waals surface area contributed by atoms with Crippen LogP contribution in [-0.4, -0.2) is 35.8 Å². The molecule has 2 rings (SSSR count). The van der Waals surface area contributed by atoms with Gasteiger partial charge in [-0.2, -0.15) is 0 Å². The van der Waals surface area contributed by atoms with Crippen LogP contribution in [0.15, 0.2) is 6.33 Å². The van der Waals surface area contributed by atoms with Crippen molar-refractivity contribution < 1.29 is 4.74 Å². The van der Waals surface area contributed by atoms with Crippen LogP contribution < -0.4 is 10.6 Å². The summed E-state index contributed by atoms with van der Waals surface area (Å²) in [5.74, 6) is 1.81. The van der Waals surface area contributed by atoms with Crippen molar-refractivity contribution in [2.45, 2.75) is 32.7 Å². The maximum absolute atomic E-state index is 5.45. The van der Waals surface area contributed by atoms with E-state index in [1.54, 1.807) is 6.33 Å². The van der Waals surface area contributed by atoms with Crippen LogP contribution in [0.25, 0.3) is 0 Å². The molecule has 0 aliphatic carbocycles. The molecule has 0 aromatic carbocycles. The van der Waals surface area contributed by atoms with Crippen LogP contribution in [0.2, 0.25) is 0 Å². The molecule has 5 nitrogen and oxygen atoms in total. The quantitative estimate of drug-likeness (QED) is 0.835. The first-order valence-electron chi connectivity index (χ1n) is 6.21. The normalized spacial score (nSPS) is 20.0. The van der Waals surface area contributed by atoms with E-state index in [2.05, 4.69) is 27.5 Å². The molecule has 0 radical (unpaired) electrons. The summed E-state index contributed by atoms with van der Waals surface area (Å²) in [6.45, 7) is 6.60. The van der Waals surface area contributed by atoms with Gasteiger partial charge in [0.25, 0.3) is 0 Å². The predicted octanol–water partition coefficient (Wildman–Crippen LogP) is 1.81. The first-order chi connectivity index (χ1) is 8.31. The van der Waals surface area contributed by atoms with Crippen LogP contribution in [0.5, 0.6) is 0 Å². The van der Waals surface area contributed by atoms with E-state index < -0.39 is 0 Å². The minimum atomic E-state index is 0.367. The molecule has 1 aliphatic rings. The highest BCUT2D eigenvalue weighted by atomic mass is 16.5. The number of nitrogens with zero attached hydrogens (tertiary/aromatic N) is 2. The monoisotopic (exact) mass is 236 g/mol. The summed E-state index contributed by atoms with van der Waals surface area (Å²) in [5, 5.41) is 6.66. The van der Waals surface area contributed by atoms with Crippen molar-refractivity contribution >= 4 is 11.6 Å². The van der Waals surface area contributed by atoms with Crippen molar-refractivity contribution in [3.05, 3.63) is 11.9 Å². The molecule has 0 saturated carbocycles. The summed E-state index contributed by atoms with van der Waals surface area (Å²) in [6.07, 6.45) is 3.85. The zero-order valence-corrected chi connectivity index (χ0v) is 10.5. The standard InChI is InChI=1S/C12H20N4O/c1-3-13-11-9(2)12(15-8-14-11)16-10-5-4-6-17-7-10/h8,10H,3-7H2,1-2H3,(H2,13,14,15,16).